The van der Waals surface area contributed by atoms with Crippen molar-refractivity contribution >= 4 is 19.8 Å². The Hall–Kier alpha value is -2.81. The van der Waals surface area contributed by atoms with E-state index in [1.165, 1.54) is 334 Å². The van der Waals surface area contributed by atoms with Gasteiger partial charge in [0.05, 0.1) is 27.7 Å². The summed E-state index contributed by atoms with van der Waals surface area (Å²) in [7, 11) is 1.50. The van der Waals surface area contributed by atoms with Gasteiger partial charge in [-0.05, 0) is 89.9 Å². The number of phosphoric ester groups is 1. The fraction of sp³-hybridized carbons (Fsp3) is 0.826. The fourth-order valence-electron chi connectivity index (χ4n) is 13.2. The normalized spacial score (nSPS) is 13.4. The Morgan fingerprint density at radius 2 is 0.559 bits per heavy atom. The highest BCUT2D eigenvalue weighted by Crippen LogP contribution is 2.43. The number of unbranched alkanes of at least 4 members (excludes halogenated alkanes) is 55. The molecule has 596 valence electrons. The van der Waals surface area contributed by atoms with E-state index in [1.807, 2.05) is 21.1 Å². The first-order valence-electron chi connectivity index (χ1n) is 44.3. The Bertz CT molecular complexity index is 2000. The molecule has 102 heavy (non-hydrogen) atoms. The predicted octanol–water partition coefficient (Wildman–Crippen LogP) is 30.0. The molecule has 0 rings (SSSR count). The second-order valence-corrected chi connectivity index (χ2v) is 32.7. The van der Waals surface area contributed by atoms with E-state index in [1.54, 1.807) is 0 Å². The van der Waals surface area contributed by atoms with E-state index in [-0.39, 0.29) is 25.6 Å². The highest BCUT2D eigenvalue weighted by Gasteiger charge is 2.27. The maximum Gasteiger partial charge on any atom is 0.472 e. The molecule has 0 aromatic heterocycles. The predicted molar refractivity (Wildman–Crippen MR) is 446 cm³/mol. The summed E-state index contributed by atoms with van der Waals surface area (Å²) in [6.07, 6.45) is 115. The quantitative estimate of drug-likeness (QED) is 0.0211. The number of allylic oxidation sites excluding steroid dienone is 14. The van der Waals surface area contributed by atoms with Crippen LogP contribution in [0.15, 0.2) is 85.1 Å². The molecule has 0 bridgehead atoms. The molecule has 10 heteroatoms. The molecule has 0 radical (unpaired) electrons. The number of hydrogen-bond acceptors (Lipinski definition) is 7. The van der Waals surface area contributed by atoms with Gasteiger partial charge in [-0.25, -0.2) is 4.57 Å². The summed E-state index contributed by atoms with van der Waals surface area (Å²) in [5, 5.41) is 0. The number of phosphoric acid groups is 1. The molecule has 0 fully saturated rings. The largest absolute Gasteiger partial charge is 0.472 e. The van der Waals surface area contributed by atoms with Gasteiger partial charge >= 0.3 is 19.8 Å². The van der Waals surface area contributed by atoms with Crippen molar-refractivity contribution in [3.63, 3.8) is 0 Å². The summed E-state index contributed by atoms with van der Waals surface area (Å²) in [5.74, 6) is -0.773. The number of nitrogens with zero attached hydrogens (tertiary/aromatic N) is 1. The van der Waals surface area contributed by atoms with E-state index in [2.05, 4.69) is 98.9 Å². The van der Waals surface area contributed by atoms with Crippen LogP contribution in [0.2, 0.25) is 0 Å². The zero-order chi connectivity index (χ0) is 74.0. The number of rotatable bonds is 83. The monoisotopic (exact) mass is 1450 g/mol. The first-order valence-corrected chi connectivity index (χ1v) is 45.8. The Balaban J connectivity index is 3.86. The second-order valence-electron chi connectivity index (χ2n) is 31.3. The average molecular weight is 1450 g/mol. The van der Waals surface area contributed by atoms with Gasteiger partial charge in [-0.2, -0.15) is 0 Å². The number of carbonyl (C=O) groups excluding carboxylic acids is 2. The van der Waals surface area contributed by atoms with Crippen LogP contribution in [0.3, 0.4) is 0 Å². The van der Waals surface area contributed by atoms with Gasteiger partial charge in [0.1, 0.15) is 19.8 Å². The molecule has 0 aromatic rings. The summed E-state index contributed by atoms with van der Waals surface area (Å²) >= 11 is 0. The van der Waals surface area contributed by atoms with Gasteiger partial charge in [0.15, 0.2) is 6.10 Å². The zero-order valence-corrected chi connectivity index (χ0v) is 69.3. The number of quaternary nitrogens is 1. The molecular weight excluding hydrogens is 1280 g/mol. The Kier molecular flexibility index (Phi) is 80.0. The molecule has 0 heterocycles. The molecule has 0 amide bonds. The van der Waals surface area contributed by atoms with E-state index >= 15 is 0 Å². The lowest BCUT2D eigenvalue weighted by atomic mass is 10.0. The molecule has 9 nitrogen and oxygen atoms in total. The summed E-state index contributed by atoms with van der Waals surface area (Å²) in [6.45, 7) is 4.38. The van der Waals surface area contributed by atoms with Crippen LogP contribution in [0.1, 0.15) is 438 Å². The molecule has 0 saturated carbocycles. The van der Waals surface area contributed by atoms with E-state index in [9.17, 15) is 19.0 Å². The first-order chi connectivity index (χ1) is 50.0. The lowest BCUT2D eigenvalue weighted by molar-refractivity contribution is -0.870. The van der Waals surface area contributed by atoms with Crippen LogP contribution < -0.4 is 0 Å². The van der Waals surface area contributed by atoms with Gasteiger partial charge in [0.2, 0.25) is 0 Å². The molecule has 0 aromatic carbocycles. The number of carbonyl (C=O) groups is 2. The topological polar surface area (TPSA) is 108 Å². The fourth-order valence-corrected chi connectivity index (χ4v) is 13.9. The number of hydrogen-bond donors (Lipinski definition) is 1. The molecular formula is C92H171NO8P+. The highest BCUT2D eigenvalue weighted by molar-refractivity contribution is 7.47. The minimum absolute atomic E-state index is 0.0337. The molecule has 0 aliphatic rings. The third-order valence-electron chi connectivity index (χ3n) is 19.9. The number of esters is 2. The molecule has 0 aliphatic heterocycles. The number of ether oxygens (including phenoxy) is 2. The van der Waals surface area contributed by atoms with E-state index in [0.717, 1.165) is 70.6 Å². The van der Waals surface area contributed by atoms with Crippen molar-refractivity contribution in [1.29, 1.82) is 0 Å². The van der Waals surface area contributed by atoms with Gasteiger partial charge in [-0.1, -0.05) is 420 Å². The maximum absolute atomic E-state index is 12.9. The molecule has 0 saturated heterocycles. The maximum atomic E-state index is 12.9. The van der Waals surface area contributed by atoms with Crippen LogP contribution in [-0.4, -0.2) is 74.9 Å². The Morgan fingerprint density at radius 3 is 0.833 bits per heavy atom. The lowest BCUT2D eigenvalue weighted by Crippen LogP contribution is -2.37. The molecule has 0 spiro atoms. The van der Waals surface area contributed by atoms with Crippen molar-refractivity contribution in [2.24, 2.45) is 0 Å². The standard InChI is InChI=1S/C92H170NO8P/c1-6-8-10-12-14-16-18-20-22-24-26-28-30-32-34-36-38-40-42-44-45-46-47-49-51-53-55-57-59-61-63-65-67-69-71-73-75-77-79-81-83-85-92(95)101-90(89-100-102(96,97)99-87-86-93(3,4)5)88-98-91(94)84-82-80-78-76-74-72-70-68-66-64-62-60-58-56-54-52-50-48-43-41-39-37-35-33-31-29-27-25-23-21-19-17-15-13-11-9-7-2/h8,10,14,16,19-22,25-28,31,33,90H,6-7,9,11-13,15,17-18,23-24,29-30,32,34-89H2,1-5H3/p+1/b10-8-,16-14-,21-19-,22-20-,27-25-,28-26-,33-31-. The third-order valence-corrected chi connectivity index (χ3v) is 20.9. The first kappa shape index (κ1) is 99.2. The Morgan fingerprint density at radius 1 is 0.314 bits per heavy atom. The summed E-state index contributed by atoms with van der Waals surface area (Å²) < 4.78 is 34.9. The highest BCUT2D eigenvalue weighted by atomic mass is 31.2. The smallest absolute Gasteiger partial charge is 0.462 e. The van der Waals surface area contributed by atoms with Crippen molar-refractivity contribution in [3.05, 3.63) is 85.1 Å². The van der Waals surface area contributed by atoms with Crippen LogP contribution in [-0.2, 0) is 32.7 Å². The van der Waals surface area contributed by atoms with Crippen molar-refractivity contribution < 1.29 is 42.1 Å². The van der Waals surface area contributed by atoms with Crippen molar-refractivity contribution in [2.75, 3.05) is 47.5 Å². The van der Waals surface area contributed by atoms with Gasteiger partial charge < -0.3 is 18.9 Å². The lowest BCUT2D eigenvalue weighted by Gasteiger charge is -2.24. The Labute approximate surface area is 634 Å². The summed E-state index contributed by atoms with van der Waals surface area (Å²) in [5.41, 5.74) is 0. The van der Waals surface area contributed by atoms with Crippen molar-refractivity contribution in [1.82, 2.24) is 0 Å². The zero-order valence-electron chi connectivity index (χ0n) is 68.4. The molecule has 1 N–H and O–H groups in total. The molecule has 0 aliphatic carbocycles. The van der Waals surface area contributed by atoms with Gasteiger partial charge in [-0.15, -0.1) is 0 Å². The number of likely N-dealkylation sites (N-methyl/N-ethyl adjacent to an activating group) is 1. The average Bonchev–Trinajstić information content (AvgIpc) is 0.916. The van der Waals surface area contributed by atoms with Crippen LogP contribution in [0.4, 0.5) is 0 Å². The van der Waals surface area contributed by atoms with E-state index in [0.29, 0.717) is 23.9 Å². The van der Waals surface area contributed by atoms with Gasteiger partial charge in [0, 0.05) is 12.8 Å². The van der Waals surface area contributed by atoms with Crippen molar-refractivity contribution in [3.8, 4) is 0 Å². The summed E-state index contributed by atoms with van der Waals surface area (Å²) in [6, 6.07) is 0. The molecule has 2 atom stereocenters. The minimum atomic E-state index is -4.40. The van der Waals surface area contributed by atoms with E-state index in [4.69, 9.17) is 18.5 Å². The van der Waals surface area contributed by atoms with Crippen LogP contribution in [0.5, 0.6) is 0 Å². The van der Waals surface area contributed by atoms with Crippen LogP contribution >= 0.6 is 7.82 Å². The molecule has 2 unspecified atom stereocenters. The minimum Gasteiger partial charge on any atom is -0.462 e. The third kappa shape index (κ3) is 86.1. The second kappa shape index (κ2) is 82.3. The van der Waals surface area contributed by atoms with Gasteiger partial charge in [0.25, 0.3) is 0 Å². The van der Waals surface area contributed by atoms with Gasteiger partial charge in [-0.3, -0.25) is 18.6 Å². The van der Waals surface area contributed by atoms with Crippen LogP contribution in [0.25, 0.3) is 0 Å². The van der Waals surface area contributed by atoms with E-state index < -0.39 is 26.5 Å². The SMILES string of the molecule is CC/C=C\C/C=C\C/C=C\C/C=C\CCCCCCCCCCCCCCCCCCCCCCCCCCCCCCC(=O)OC(COC(=O)CCCCCCCCCCCCCCCCCCCCCCCC/C=C\C/C=C\C/C=C\CCCCCCC)COP(=O)(O)OCC[N+](C)(C)C. The van der Waals surface area contributed by atoms with Crippen molar-refractivity contribution in [2.45, 2.75) is 444 Å². The summed E-state index contributed by atoms with van der Waals surface area (Å²) in [4.78, 5) is 36.1. The van der Waals surface area contributed by atoms with Crippen LogP contribution in [0, 0.1) is 0 Å².